The molecule has 1 saturated heterocycles. The Balaban J connectivity index is 1.16. The highest BCUT2D eigenvalue weighted by Crippen LogP contribution is 2.39. The van der Waals surface area contributed by atoms with E-state index in [0.29, 0.717) is 37.1 Å². The van der Waals surface area contributed by atoms with Crippen LogP contribution in [0.15, 0.2) is 60.8 Å². The molecule has 2 aromatic heterocycles. The highest BCUT2D eigenvalue weighted by Gasteiger charge is 2.29. The van der Waals surface area contributed by atoms with Gasteiger partial charge in [-0.15, -0.1) is 0 Å². The summed E-state index contributed by atoms with van der Waals surface area (Å²) in [6.07, 6.45) is 8.54. The molecule has 0 spiro atoms. The summed E-state index contributed by atoms with van der Waals surface area (Å²) < 4.78 is 0. The number of aromatic amines is 1. The average Bonchev–Trinajstić information content (AvgIpc) is 3.49. The van der Waals surface area contributed by atoms with Crippen LogP contribution in [0.3, 0.4) is 0 Å². The summed E-state index contributed by atoms with van der Waals surface area (Å²) >= 11 is 0. The van der Waals surface area contributed by atoms with E-state index in [1.807, 2.05) is 48.2 Å². The maximum absolute atomic E-state index is 12.8. The van der Waals surface area contributed by atoms with Gasteiger partial charge in [-0.2, -0.15) is 5.10 Å². The van der Waals surface area contributed by atoms with Crippen molar-refractivity contribution in [1.82, 2.24) is 20.1 Å². The summed E-state index contributed by atoms with van der Waals surface area (Å²) in [7, 11) is 0. The molecule has 2 amide bonds. The van der Waals surface area contributed by atoms with Gasteiger partial charge in [0, 0.05) is 42.1 Å². The molecule has 2 atom stereocenters. The lowest BCUT2D eigenvalue weighted by Crippen LogP contribution is -2.35. The van der Waals surface area contributed by atoms with Crippen LogP contribution in [0.25, 0.3) is 11.1 Å². The van der Waals surface area contributed by atoms with Crippen molar-refractivity contribution in [2.45, 2.75) is 50.5 Å². The van der Waals surface area contributed by atoms with Crippen LogP contribution >= 0.6 is 0 Å². The van der Waals surface area contributed by atoms with Gasteiger partial charge in [0.1, 0.15) is 11.9 Å². The molecule has 202 valence electrons. The molecule has 1 aliphatic carbocycles. The first-order chi connectivity index (χ1) is 18.9. The number of carbonyl (C=O) groups is 3. The van der Waals surface area contributed by atoms with Crippen LogP contribution in [-0.2, 0) is 14.4 Å². The third kappa shape index (κ3) is 6.58. The number of aromatic nitrogens is 3. The number of hydrogen-bond donors (Lipinski definition) is 4. The number of carboxylic acids is 1. The van der Waals surface area contributed by atoms with Gasteiger partial charge in [-0.1, -0.05) is 30.3 Å². The van der Waals surface area contributed by atoms with Crippen molar-refractivity contribution in [3.63, 3.8) is 0 Å². The zero-order valence-corrected chi connectivity index (χ0v) is 21.8. The molecule has 2 fully saturated rings. The lowest BCUT2D eigenvalue weighted by Gasteiger charge is -2.18. The number of amides is 2. The van der Waals surface area contributed by atoms with Crippen molar-refractivity contribution in [2.24, 2.45) is 0 Å². The molecule has 1 aliphatic heterocycles. The molecule has 2 aliphatic rings. The van der Waals surface area contributed by atoms with E-state index in [2.05, 4.69) is 25.8 Å². The van der Waals surface area contributed by atoms with Crippen LogP contribution in [0.4, 0.5) is 11.6 Å². The van der Waals surface area contributed by atoms with Crippen molar-refractivity contribution in [1.29, 1.82) is 0 Å². The average molecular weight is 529 g/mol. The summed E-state index contributed by atoms with van der Waals surface area (Å²) in [6.45, 7) is 2.98. The molecule has 1 aromatic carbocycles. The predicted molar refractivity (Wildman–Crippen MR) is 147 cm³/mol. The number of anilines is 2. The summed E-state index contributed by atoms with van der Waals surface area (Å²) in [5, 5.41) is 22.1. The summed E-state index contributed by atoms with van der Waals surface area (Å²) in [4.78, 5) is 42.6. The first-order valence-corrected chi connectivity index (χ1v) is 13.2. The normalized spacial score (nSPS) is 18.2. The number of H-pyrrole nitrogens is 1. The number of likely N-dealkylation sites (tertiary alicyclic amines) is 1. The number of aliphatic carboxylic acids is 1. The maximum Gasteiger partial charge on any atom is 0.320 e. The van der Waals surface area contributed by atoms with Crippen molar-refractivity contribution in [3.05, 3.63) is 72.1 Å². The van der Waals surface area contributed by atoms with Gasteiger partial charge in [-0.05, 0) is 62.4 Å². The van der Waals surface area contributed by atoms with Crippen LogP contribution in [0.1, 0.15) is 55.7 Å². The Morgan fingerprint density at radius 2 is 1.95 bits per heavy atom. The number of nitrogens with zero attached hydrogens (tertiary/aromatic N) is 3. The van der Waals surface area contributed by atoms with Gasteiger partial charge >= 0.3 is 5.97 Å². The van der Waals surface area contributed by atoms with Crippen molar-refractivity contribution in [2.75, 3.05) is 23.7 Å². The van der Waals surface area contributed by atoms with Crippen LogP contribution in [0.5, 0.6) is 0 Å². The van der Waals surface area contributed by atoms with Gasteiger partial charge in [0.05, 0.1) is 5.92 Å². The first-order valence-electron chi connectivity index (χ1n) is 13.2. The lowest BCUT2D eigenvalue weighted by atomic mass is 9.96. The fourth-order valence-corrected chi connectivity index (χ4v) is 4.80. The van der Waals surface area contributed by atoms with Crippen molar-refractivity contribution >= 4 is 29.4 Å². The van der Waals surface area contributed by atoms with Crippen molar-refractivity contribution < 1.29 is 19.5 Å². The van der Waals surface area contributed by atoms with Crippen LogP contribution in [-0.4, -0.2) is 62.1 Å². The van der Waals surface area contributed by atoms with Crippen LogP contribution < -0.4 is 10.6 Å². The van der Waals surface area contributed by atoms with E-state index in [0.717, 1.165) is 41.6 Å². The maximum atomic E-state index is 12.8. The molecule has 3 aromatic rings. The Morgan fingerprint density at radius 3 is 2.69 bits per heavy atom. The molecule has 10 nitrogen and oxygen atoms in total. The molecule has 3 heterocycles. The molecule has 39 heavy (non-hydrogen) atoms. The molecule has 0 bridgehead atoms. The summed E-state index contributed by atoms with van der Waals surface area (Å²) in [5.41, 5.74) is 3.70. The fourth-order valence-electron chi connectivity index (χ4n) is 4.80. The zero-order valence-electron chi connectivity index (χ0n) is 21.8. The van der Waals surface area contributed by atoms with Gasteiger partial charge in [-0.3, -0.25) is 24.4 Å². The second-order valence-corrected chi connectivity index (χ2v) is 10.1. The molecular formula is C29H32N6O4. The van der Waals surface area contributed by atoms with E-state index in [1.54, 1.807) is 18.3 Å². The number of benzene rings is 1. The van der Waals surface area contributed by atoms with Gasteiger partial charge in [-0.25, -0.2) is 4.98 Å². The SMILES string of the molecule is CC(C(=O)Nc1cc(C2CC2)[nH]n1)c1cccc(-c2ccc(NC(=O)/C=C/CN3CCC[C@H]3C(=O)O)nc2)c1. The van der Waals surface area contributed by atoms with E-state index in [1.165, 1.54) is 6.08 Å². The molecule has 1 unspecified atom stereocenters. The summed E-state index contributed by atoms with van der Waals surface area (Å²) in [6, 6.07) is 12.7. The number of carboxylic acid groups (broad SMARTS) is 1. The Hall–Kier alpha value is -4.31. The quantitative estimate of drug-likeness (QED) is 0.290. The fraction of sp³-hybridized carbons (Fsp3) is 0.345. The zero-order chi connectivity index (χ0) is 27.4. The van der Waals surface area contributed by atoms with E-state index in [4.69, 9.17) is 0 Å². The minimum Gasteiger partial charge on any atom is -0.480 e. The Morgan fingerprint density at radius 1 is 1.10 bits per heavy atom. The minimum atomic E-state index is -0.825. The Bertz CT molecular complexity index is 1380. The predicted octanol–water partition coefficient (Wildman–Crippen LogP) is 4.14. The summed E-state index contributed by atoms with van der Waals surface area (Å²) in [5.74, 6) is -0.175. The third-order valence-electron chi connectivity index (χ3n) is 7.25. The minimum absolute atomic E-state index is 0.131. The van der Waals surface area contributed by atoms with E-state index >= 15 is 0 Å². The van der Waals surface area contributed by atoms with Crippen molar-refractivity contribution in [3.8, 4) is 11.1 Å². The van der Waals surface area contributed by atoms with E-state index in [9.17, 15) is 19.5 Å². The molecule has 4 N–H and O–H groups in total. The highest BCUT2D eigenvalue weighted by atomic mass is 16.4. The Kier molecular flexibility index (Phi) is 7.83. The molecule has 5 rings (SSSR count). The van der Waals surface area contributed by atoms with Gasteiger partial charge in [0.25, 0.3) is 0 Å². The van der Waals surface area contributed by atoms with E-state index in [-0.39, 0.29) is 17.7 Å². The van der Waals surface area contributed by atoms with Gasteiger partial charge < -0.3 is 15.7 Å². The number of hydrogen-bond acceptors (Lipinski definition) is 6. The topological polar surface area (TPSA) is 140 Å². The first kappa shape index (κ1) is 26.3. The van der Waals surface area contributed by atoms with Gasteiger partial charge in [0.2, 0.25) is 11.8 Å². The number of pyridine rings is 1. The second kappa shape index (κ2) is 11.6. The Labute approximate surface area is 226 Å². The monoisotopic (exact) mass is 528 g/mol. The molecular weight excluding hydrogens is 496 g/mol. The molecule has 1 saturated carbocycles. The standard InChI is InChI=1S/C29H32N6O4/c1-18(28(37)32-26-16-23(33-34-26)19-9-10-19)20-5-2-6-21(15-20)22-11-12-25(30-17-22)31-27(36)8-4-14-35-13-3-7-24(35)29(38)39/h2,4-6,8,11-12,15-19,24H,3,7,9-10,13-14H2,1H3,(H,38,39)(H,30,31,36)(H2,32,33,34,37)/b8-4+/t18?,24-/m0/s1. The third-order valence-corrected chi connectivity index (χ3v) is 7.25. The van der Waals surface area contributed by atoms with Gasteiger partial charge in [0.15, 0.2) is 5.82 Å². The van der Waals surface area contributed by atoms with Crippen LogP contribution in [0.2, 0.25) is 0 Å². The largest absolute Gasteiger partial charge is 0.480 e. The van der Waals surface area contributed by atoms with Crippen LogP contribution in [0, 0.1) is 0 Å². The highest BCUT2D eigenvalue weighted by molar-refractivity contribution is 5.98. The number of carbonyl (C=O) groups excluding carboxylic acids is 2. The molecule has 10 heteroatoms. The number of rotatable bonds is 10. The molecule has 0 radical (unpaired) electrons. The number of nitrogens with one attached hydrogen (secondary N) is 3. The smallest absolute Gasteiger partial charge is 0.320 e. The lowest BCUT2D eigenvalue weighted by molar-refractivity contribution is -0.142. The second-order valence-electron chi connectivity index (χ2n) is 10.1. The van der Waals surface area contributed by atoms with E-state index < -0.39 is 12.0 Å².